The van der Waals surface area contributed by atoms with Gasteiger partial charge in [-0.25, -0.2) is 0 Å². The van der Waals surface area contributed by atoms with Gasteiger partial charge in [-0.05, 0) is 5.41 Å². The van der Waals surface area contributed by atoms with Gasteiger partial charge in [0.05, 0.1) is 18.9 Å². The zero-order chi connectivity index (χ0) is 12.1. The van der Waals surface area contributed by atoms with Gasteiger partial charge in [0.15, 0.2) is 6.29 Å². The van der Waals surface area contributed by atoms with E-state index in [-0.39, 0.29) is 12.4 Å². The van der Waals surface area contributed by atoms with Gasteiger partial charge in [-0.3, -0.25) is 4.79 Å². The summed E-state index contributed by atoms with van der Waals surface area (Å²) in [6, 6.07) is 0. The van der Waals surface area contributed by atoms with Crippen molar-refractivity contribution in [1.29, 1.82) is 0 Å². The van der Waals surface area contributed by atoms with E-state index in [2.05, 4.69) is 4.74 Å². The largest absolute Gasteiger partial charge is 0.469 e. The highest BCUT2D eigenvalue weighted by molar-refractivity contribution is 6.21. The molecule has 0 saturated heterocycles. The number of methoxy groups -OCH3 is 3. The molecule has 1 atom stereocenters. The molecule has 4 nitrogen and oxygen atoms in total. The number of ether oxygens (including phenoxy) is 3. The minimum absolute atomic E-state index is 0.223. The fraction of sp³-hybridized carbons (Fsp3) is 0.900. The fourth-order valence-electron chi connectivity index (χ4n) is 1.25. The second-order valence-electron chi connectivity index (χ2n) is 3.98. The summed E-state index contributed by atoms with van der Waals surface area (Å²) in [4.78, 5) is 11.2. The molecule has 0 bridgehead atoms. The second-order valence-corrected chi connectivity index (χ2v) is 4.45. The van der Waals surface area contributed by atoms with Crippen LogP contribution >= 0.6 is 11.6 Å². The topological polar surface area (TPSA) is 44.8 Å². The van der Waals surface area contributed by atoms with Crippen LogP contribution in [0.1, 0.15) is 20.3 Å². The van der Waals surface area contributed by atoms with Gasteiger partial charge < -0.3 is 14.2 Å². The van der Waals surface area contributed by atoms with Gasteiger partial charge in [-0.2, -0.15) is 0 Å². The van der Waals surface area contributed by atoms with Gasteiger partial charge >= 0.3 is 5.97 Å². The number of carbonyl (C=O) groups is 1. The van der Waals surface area contributed by atoms with E-state index in [0.717, 1.165) is 0 Å². The highest BCUT2D eigenvalue weighted by atomic mass is 35.5. The van der Waals surface area contributed by atoms with Crippen LogP contribution in [0.4, 0.5) is 0 Å². The second kappa shape index (κ2) is 6.30. The van der Waals surface area contributed by atoms with E-state index in [1.807, 2.05) is 13.8 Å². The van der Waals surface area contributed by atoms with Crippen molar-refractivity contribution in [2.24, 2.45) is 5.41 Å². The first-order valence-corrected chi connectivity index (χ1v) is 5.09. The minimum atomic E-state index is -0.536. The van der Waals surface area contributed by atoms with Crippen LogP contribution in [-0.4, -0.2) is 39.0 Å². The van der Waals surface area contributed by atoms with E-state index >= 15 is 0 Å². The van der Waals surface area contributed by atoms with Crippen LogP contribution in [-0.2, 0) is 19.0 Å². The lowest BCUT2D eigenvalue weighted by Crippen LogP contribution is -2.39. The predicted octanol–water partition coefficient (Wildman–Crippen LogP) is 1.80. The van der Waals surface area contributed by atoms with Crippen molar-refractivity contribution in [1.82, 2.24) is 0 Å². The van der Waals surface area contributed by atoms with E-state index < -0.39 is 17.1 Å². The van der Waals surface area contributed by atoms with E-state index in [9.17, 15) is 4.79 Å². The molecule has 0 aliphatic heterocycles. The van der Waals surface area contributed by atoms with Gasteiger partial charge in [0.2, 0.25) is 0 Å². The third-order valence-corrected chi connectivity index (χ3v) is 3.07. The van der Waals surface area contributed by atoms with Crippen LogP contribution in [0.5, 0.6) is 0 Å². The van der Waals surface area contributed by atoms with Crippen molar-refractivity contribution in [2.75, 3.05) is 21.3 Å². The first-order valence-electron chi connectivity index (χ1n) is 4.65. The minimum Gasteiger partial charge on any atom is -0.469 e. The molecule has 0 saturated carbocycles. The molecular formula is C10H19ClO4. The third kappa shape index (κ3) is 4.36. The smallest absolute Gasteiger partial charge is 0.306 e. The molecule has 0 aromatic carbocycles. The van der Waals surface area contributed by atoms with Crippen LogP contribution in [0.25, 0.3) is 0 Å². The summed E-state index contributed by atoms with van der Waals surface area (Å²) in [5.41, 5.74) is -0.453. The number of rotatable bonds is 6. The maximum Gasteiger partial charge on any atom is 0.306 e. The van der Waals surface area contributed by atoms with E-state index in [0.29, 0.717) is 0 Å². The number of halogens is 1. The Morgan fingerprint density at radius 1 is 1.27 bits per heavy atom. The number of carbonyl (C=O) groups excluding carboxylic acids is 1. The van der Waals surface area contributed by atoms with E-state index in [4.69, 9.17) is 21.1 Å². The summed E-state index contributed by atoms with van der Waals surface area (Å²) in [7, 11) is 4.38. The Balaban J connectivity index is 4.48. The van der Waals surface area contributed by atoms with Gasteiger partial charge in [0.25, 0.3) is 0 Å². The lowest BCUT2D eigenvalue weighted by molar-refractivity contribution is -0.146. The van der Waals surface area contributed by atoms with Gasteiger partial charge in [-0.15, -0.1) is 11.6 Å². The summed E-state index contributed by atoms with van der Waals surface area (Å²) < 4.78 is 14.7. The molecule has 0 amide bonds. The lowest BCUT2D eigenvalue weighted by Gasteiger charge is -2.32. The monoisotopic (exact) mass is 238 g/mol. The molecule has 90 valence electrons. The molecule has 1 unspecified atom stereocenters. The number of hydrogen-bond acceptors (Lipinski definition) is 4. The highest BCUT2D eigenvalue weighted by Gasteiger charge is 2.36. The zero-order valence-electron chi connectivity index (χ0n) is 9.87. The molecule has 0 aliphatic carbocycles. The SMILES string of the molecule is COC(=O)CC(C)(C)C(Cl)C(OC)OC. The summed E-state index contributed by atoms with van der Waals surface area (Å²) >= 11 is 6.18. The average Bonchev–Trinajstić information content (AvgIpc) is 2.18. The molecule has 0 heterocycles. The predicted molar refractivity (Wildman–Crippen MR) is 57.9 cm³/mol. The van der Waals surface area contributed by atoms with Crippen LogP contribution in [0.2, 0.25) is 0 Å². The maximum atomic E-state index is 11.2. The molecule has 0 rings (SSSR count). The van der Waals surface area contributed by atoms with Gasteiger partial charge in [-0.1, -0.05) is 13.8 Å². The Morgan fingerprint density at radius 2 is 1.73 bits per heavy atom. The zero-order valence-corrected chi connectivity index (χ0v) is 10.6. The van der Waals surface area contributed by atoms with Crippen molar-refractivity contribution in [3.05, 3.63) is 0 Å². The Morgan fingerprint density at radius 3 is 2.07 bits per heavy atom. The van der Waals surface area contributed by atoms with Crippen LogP contribution in [0.3, 0.4) is 0 Å². The Kier molecular flexibility index (Phi) is 6.17. The van der Waals surface area contributed by atoms with Crippen molar-refractivity contribution < 1.29 is 19.0 Å². The first kappa shape index (κ1) is 14.7. The van der Waals surface area contributed by atoms with E-state index in [1.54, 1.807) is 0 Å². The summed E-state index contributed by atoms with van der Waals surface area (Å²) in [6.07, 6.45) is -0.313. The Bertz CT molecular complexity index is 202. The molecule has 15 heavy (non-hydrogen) atoms. The Labute approximate surface area is 95.8 Å². The molecule has 5 heteroatoms. The summed E-state index contributed by atoms with van der Waals surface area (Å²) in [5.74, 6) is -0.295. The summed E-state index contributed by atoms with van der Waals surface area (Å²) in [6.45, 7) is 3.74. The quantitative estimate of drug-likeness (QED) is 0.402. The fourth-order valence-corrected chi connectivity index (χ4v) is 1.53. The molecular weight excluding hydrogens is 220 g/mol. The van der Waals surface area contributed by atoms with Crippen LogP contribution in [0, 0.1) is 5.41 Å². The average molecular weight is 239 g/mol. The number of alkyl halides is 1. The van der Waals surface area contributed by atoms with Crippen molar-refractivity contribution in [3.63, 3.8) is 0 Å². The molecule has 0 fully saturated rings. The normalized spacial score (nSPS) is 14.1. The van der Waals surface area contributed by atoms with Crippen molar-refractivity contribution >= 4 is 17.6 Å². The van der Waals surface area contributed by atoms with Crippen LogP contribution in [0.15, 0.2) is 0 Å². The standard InChI is InChI=1S/C10H19ClO4/c1-10(2,6-7(12)13-3)8(11)9(14-4)15-5/h8-9H,6H2,1-5H3. The van der Waals surface area contributed by atoms with Gasteiger partial charge in [0.1, 0.15) is 0 Å². The lowest BCUT2D eigenvalue weighted by atomic mass is 9.85. The molecule has 0 aliphatic rings. The molecule has 0 spiro atoms. The van der Waals surface area contributed by atoms with Crippen molar-refractivity contribution in [2.45, 2.75) is 31.9 Å². The highest BCUT2D eigenvalue weighted by Crippen LogP contribution is 2.33. The van der Waals surface area contributed by atoms with Crippen LogP contribution < -0.4 is 0 Å². The number of esters is 1. The summed E-state index contributed by atoms with van der Waals surface area (Å²) in [5, 5.41) is -0.424. The third-order valence-electron chi connectivity index (χ3n) is 2.28. The maximum absolute atomic E-state index is 11.2. The van der Waals surface area contributed by atoms with Gasteiger partial charge in [0, 0.05) is 14.2 Å². The van der Waals surface area contributed by atoms with E-state index in [1.165, 1.54) is 21.3 Å². The molecule has 0 aromatic rings. The molecule has 0 aromatic heterocycles. The van der Waals surface area contributed by atoms with Crippen molar-refractivity contribution in [3.8, 4) is 0 Å². The first-order chi connectivity index (χ1) is 6.88. The Hall–Kier alpha value is -0.320. The molecule has 0 N–H and O–H groups in total. The number of hydrogen-bond donors (Lipinski definition) is 0. The molecule has 0 radical (unpaired) electrons.